The standard InChI is InChI=1S/C11H16N2OS/c1-8(11(2,3)4)12-13-10(14)9-6-5-7-15-9/h5-7H,1-4H3,(H,13,14)/b12-8+. The minimum atomic E-state index is -0.145. The Morgan fingerprint density at radius 3 is 2.60 bits per heavy atom. The lowest BCUT2D eigenvalue weighted by atomic mass is 9.91. The Labute approximate surface area is 94.2 Å². The molecule has 0 fully saturated rings. The van der Waals surface area contributed by atoms with Crippen LogP contribution >= 0.6 is 11.3 Å². The van der Waals surface area contributed by atoms with Gasteiger partial charge in [-0.25, -0.2) is 5.43 Å². The van der Waals surface area contributed by atoms with Crippen LogP contribution in [0.2, 0.25) is 0 Å². The third kappa shape index (κ3) is 3.47. The predicted molar refractivity (Wildman–Crippen MR) is 64.3 cm³/mol. The molecular weight excluding hydrogens is 208 g/mol. The molecule has 0 atom stereocenters. The maximum atomic E-state index is 11.5. The fourth-order valence-electron chi connectivity index (χ4n) is 0.765. The number of carbonyl (C=O) groups is 1. The number of nitrogens with one attached hydrogen (secondary N) is 1. The molecule has 1 aromatic rings. The summed E-state index contributed by atoms with van der Waals surface area (Å²) in [6.07, 6.45) is 0. The van der Waals surface area contributed by atoms with Gasteiger partial charge in [0.15, 0.2) is 0 Å². The summed E-state index contributed by atoms with van der Waals surface area (Å²) in [6, 6.07) is 3.63. The minimum absolute atomic E-state index is 0.0112. The number of thiophene rings is 1. The highest BCUT2D eigenvalue weighted by molar-refractivity contribution is 7.12. The average molecular weight is 224 g/mol. The lowest BCUT2D eigenvalue weighted by Crippen LogP contribution is -2.24. The molecule has 0 aliphatic heterocycles. The van der Waals surface area contributed by atoms with Crippen LogP contribution in [0.1, 0.15) is 37.4 Å². The van der Waals surface area contributed by atoms with Crippen molar-refractivity contribution in [1.29, 1.82) is 0 Å². The zero-order valence-electron chi connectivity index (χ0n) is 9.50. The lowest BCUT2D eigenvalue weighted by Gasteiger charge is -2.17. The maximum absolute atomic E-state index is 11.5. The highest BCUT2D eigenvalue weighted by Crippen LogP contribution is 2.15. The molecule has 1 amide bonds. The van der Waals surface area contributed by atoms with Crippen molar-refractivity contribution in [1.82, 2.24) is 5.43 Å². The minimum Gasteiger partial charge on any atom is -0.266 e. The van der Waals surface area contributed by atoms with Gasteiger partial charge in [-0.2, -0.15) is 5.10 Å². The van der Waals surface area contributed by atoms with Gasteiger partial charge in [0.2, 0.25) is 0 Å². The van der Waals surface area contributed by atoms with Gasteiger partial charge in [0.25, 0.3) is 5.91 Å². The van der Waals surface area contributed by atoms with Gasteiger partial charge in [-0.05, 0) is 18.4 Å². The number of carbonyl (C=O) groups excluding carboxylic acids is 1. The second kappa shape index (κ2) is 4.57. The fraction of sp³-hybridized carbons (Fsp3) is 0.455. The van der Waals surface area contributed by atoms with Crippen LogP contribution in [-0.4, -0.2) is 11.6 Å². The molecule has 15 heavy (non-hydrogen) atoms. The molecule has 0 radical (unpaired) electrons. The molecule has 0 saturated carbocycles. The van der Waals surface area contributed by atoms with Crippen molar-refractivity contribution in [2.75, 3.05) is 0 Å². The molecule has 0 unspecified atom stereocenters. The van der Waals surface area contributed by atoms with Crippen molar-refractivity contribution < 1.29 is 4.79 Å². The topological polar surface area (TPSA) is 41.5 Å². The van der Waals surface area contributed by atoms with Crippen molar-refractivity contribution >= 4 is 23.0 Å². The summed E-state index contributed by atoms with van der Waals surface area (Å²) in [5.41, 5.74) is 3.45. The van der Waals surface area contributed by atoms with Crippen LogP contribution in [0, 0.1) is 5.41 Å². The van der Waals surface area contributed by atoms with E-state index in [0.717, 1.165) is 5.71 Å². The Bertz CT molecular complexity index is 360. The smallest absolute Gasteiger partial charge is 0.266 e. The highest BCUT2D eigenvalue weighted by Gasteiger charge is 2.14. The van der Waals surface area contributed by atoms with Crippen molar-refractivity contribution in [3.05, 3.63) is 22.4 Å². The van der Waals surface area contributed by atoms with E-state index in [0.29, 0.717) is 4.88 Å². The van der Waals surface area contributed by atoms with Crippen LogP contribution in [0.25, 0.3) is 0 Å². The first-order valence-corrected chi connectivity index (χ1v) is 5.68. The molecule has 1 aromatic heterocycles. The molecule has 1 N–H and O–H groups in total. The van der Waals surface area contributed by atoms with E-state index in [1.54, 1.807) is 6.07 Å². The first-order chi connectivity index (χ1) is 6.91. The number of hydrogen-bond acceptors (Lipinski definition) is 3. The van der Waals surface area contributed by atoms with Gasteiger partial charge in [-0.1, -0.05) is 26.8 Å². The Kier molecular flexibility index (Phi) is 3.63. The molecule has 0 aliphatic rings. The van der Waals surface area contributed by atoms with Crippen molar-refractivity contribution in [3.8, 4) is 0 Å². The van der Waals surface area contributed by atoms with Gasteiger partial charge in [-0.3, -0.25) is 4.79 Å². The number of rotatable bonds is 2. The van der Waals surface area contributed by atoms with Gasteiger partial charge >= 0.3 is 0 Å². The predicted octanol–water partition coefficient (Wildman–Crippen LogP) is 2.90. The van der Waals surface area contributed by atoms with E-state index < -0.39 is 0 Å². The molecule has 1 heterocycles. The van der Waals surface area contributed by atoms with Crippen molar-refractivity contribution in [3.63, 3.8) is 0 Å². The van der Waals surface area contributed by atoms with Gasteiger partial charge in [0, 0.05) is 11.1 Å². The largest absolute Gasteiger partial charge is 0.281 e. The number of nitrogens with zero attached hydrogens (tertiary/aromatic N) is 1. The maximum Gasteiger partial charge on any atom is 0.281 e. The number of hydrazone groups is 1. The molecule has 0 aromatic carbocycles. The summed E-state index contributed by atoms with van der Waals surface area (Å²) in [5.74, 6) is -0.145. The molecule has 0 bridgehead atoms. The van der Waals surface area contributed by atoms with Crippen LogP contribution < -0.4 is 5.43 Å². The molecule has 3 nitrogen and oxygen atoms in total. The first-order valence-electron chi connectivity index (χ1n) is 4.80. The summed E-state index contributed by atoms with van der Waals surface area (Å²) in [4.78, 5) is 12.2. The molecule has 0 saturated heterocycles. The fourth-order valence-corrected chi connectivity index (χ4v) is 1.38. The van der Waals surface area contributed by atoms with Crippen LogP contribution in [0.4, 0.5) is 0 Å². The normalized spacial score (nSPS) is 12.7. The van der Waals surface area contributed by atoms with Crippen LogP contribution in [0.5, 0.6) is 0 Å². The van der Waals surface area contributed by atoms with E-state index in [1.165, 1.54) is 11.3 Å². The van der Waals surface area contributed by atoms with E-state index in [1.807, 2.05) is 18.4 Å². The van der Waals surface area contributed by atoms with Crippen molar-refractivity contribution in [2.45, 2.75) is 27.7 Å². The quantitative estimate of drug-likeness (QED) is 0.609. The second-order valence-electron chi connectivity index (χ2n) is 4.37. The van der Waals surface area contributed by atoms with E-state index in [-0.39, 0.29) is 11.3 Å². The van der Waals surface area contributed by atoms with Crippen LogP contribution in [0.15, 0.2) is 22.6 Å². The molecular formula is C11H16N2OS. The van der Waals surface area contributed by atoms with E-state index in [9.17, 15) is 4.79 Å². The van der Waals surface area contributed by atoms with Crippen LogP contribution in [-0.2, 0) is 0 Å². The summed E-state index contributed by atoms with van der Waals surface area (Å²) < 4.78 is 0. The third-order valence-electron chi connectivity index (χ3n) is 2.16. The molecule has 0 spiro atoms. The Balaban J connectivity index is 2.62. The van der Waals surface area contributed by atoms with E-state index in [4.69, 9.17) is 0 Å². The molecule has 82 valence electrons. The van der Waals surface area contributed by atoms with Gasteiger partial charge < -0.3 is 0 Å². The van der Waals surface area contributed by atoms with Gasteiger partial charge in [0.1, 0.15) is 0 Å². The number of hydrogen-bond donors (Lipinski definition) is 1. The summed E-state index contributed by atoms with van der Waals surface area (Å²) in [6.45, 7) is 8.09. The van der Waals surface area contributed by atoms with E-state index >= 15 is 0 Å². The molecule has 4 heteroatoms. The lowest BCUT2D eigenvalue weighted by molar-refractivity contribution is 0.0958. The SMILES string of the molecule is C/C(=N\NC(=O)c1cccs1)C(C)(C)C. The van der Waals surface area contributed by atoms with Crippen LogP contribution in [0.3, 0.4) is 0 Å². The van der Waals surface area contributed by atoms with Crippen molar-refractivity contribution in [2.24, 2.45) is 10.5 Å². The zero-order valence-corrected chi connectivity index (χ0v) is 10.3. The third-order valence-corrected chi connectivity index (χ3v) is 3.02. The Morgan fingerprint density at radius 2 is 2.13 bits per heavy atom. The summed E-state index contributed by atoms with van der Waals surface area (Å²) >= 11 is 1.41. The summed E-state index contributed by atoms with van der Waals surface area (Å²) in [7, 11) is 0. The molecule has 1 rings (SSSR count). The Hall–Kier alpha value is -1.16. The highest BCUT2D eigenvalue weighted by atomic mass is 32.1. The second-order valence-corrected chi connectivity index (χ2v) is 5.31. The monoisotopic (exact) mass is 224 g/mol. The average Bonchev–Trinajstić information content (AvgIpc) is 2.64. The Morgan fingerprint density at radius 1 is 1.47 bits per heavy atom. The summed E-state index contributed by atoms with van der Waals surface area (Å²) in [5, 5.41) is 5.95. The van der Waals surface area contributed by atoms with Gasteiger partial charge in [-0.15, -0.1) is 11.3 Å². The number of amides is 1. The zero-order chi connectivity index (χ0) is 11.5. The molecule has 0 aliphatic carbocycles. The first kappa shape index (κ1) is 11.9. The van der Waals surface area contributed by atoms with Gasteiger partial charge in [0.05, 0.1) is 4.88 Å². The van der Waals surface area contributed by atoms with E-state index in [2.05, 4.69) is 31.3 Å².